The first-order chi connectivity index (χ1) is 9.65. The fourth-order valence-electron chi connectivity index (χ4n) is 2.94. The summed E-state index contributed by atoms with van der Waals surface area (Å²) in [5.74, 6) is 0.0492. The molecule has 0 unspecified atom stereocenters. The van der Waals surface area contributed by atoms with Crippen molar-refractivity contribution in [3.63, 3.8) is 0 Å². The Morgan fingerprint density at radius 2 is 2.25 bits per heavy atom. The van der Waals surface area contributed by atoms with E-state index in [1.807, 2.05) is 11.9 Å². The van der Waals surface area contributed by atoms with Crippen LogP contribution in [-0.2, 0) is 12.8 Å². The third-order valence-electron chi connectivity index (χ3n) is 4.36. The Labute approximate surface area is 121 Å². The summed E-state index contributed by atoms with van der Waals surface area (Å²) in [5.41, 5.74) is 9.32. The van der Waals surface area contributed by atoms with Crippen LogP contribution in [0.1, 0.15) is 40.2 Å². The molecule has 2 N–H and O–H groups in total. The molecule has 2 heterocycles. The van der Waals surface area contributed by atoms with Gasteiger partial charge < -0.3 is 10.6 Å². The number of nitrogen functional groups attached to an aromatic ring is 1. The fourth-order valence-corrected chi connectivity index (χ4v) is 4.02. The largest absolute Gasteiger partial charge is 0.397 e. The number of carbonyl (C=O) groups excluding carboxylic acids is 1. The van der Waals surface area contributed by atoms with Crippen molar-refractivity contribution in [2.75, 3.05) is 12.8 Å². The molecule has 1 fully saturated rings. The molecule has 0 atom stereocenters. The van der Waals surface area contributed by atoms with Gasteiger partial charge in [0.15, 0.2) is 0 Å². The summed E-state index contributed by atoms with van der Waals surface area (Å²) >= 11 is 1.44. The number of fused-ring (bicyclic) bond motifs is 2. The summed E-state index contributed by atoms with van der Waals surface area (Å²) in [7, 11) is 1.87. The molecule has 0 spiro atoms. The number of nitrogens with two attached hydrogens (primary N) is 1. The molecule has 20 heavy (non-hydrogen) atoms. The molecule has 2 aliphatic carbocycles. The molecule has 1 amide bonds. The molecule has 4 nitrogen and oxygen atoms in total. The van der Waals surface area contributed by atoms with Gasteiger partial charge in [-0.05, 0) is 43.7 Å². The fraction of sp³-hybridized carbons (Fsp3) is 0.467. The highest BCUT2D eigenvalue weighted by molar-refractivity contribution is 7.21. The SMILES string of the molecule is CN(C(=O)c1sc2nc3c(cc2c1N)CCC3)C1CC1. The van der Waals surface area contributed by atoms with Gasteiger partial charge in [-0.25, -0.2) is 4.98 Å². The van der Waals surface area contributed by atoms with E-state index in [1.165, 1.54) is 29.0 Å². The van der Waals surface area contributed by atoms with Gasteiger partial charge in [-0.1, -0.05) is 0 Å². The van der Waals surface area contributed by atoms with Gasteiger partial charge in [0.1, 0.15) is 9.71 Å². The quantitative estimate of drug-likeness (QED) is 0.923. The third-order valence-corrected chi connectivity index (χ3v) is 5.46. The van der Waals surface area contributed by atoms with Gasteiger partial charge in [-0.15, -0.1) is 11.3 Å². The molecule has 104 valence electrons. The maximum atomic E-state index is 12.5. The lowest BCUT2D eigenvalue weighted by Crippen LogP contribution is -2.28. The normalized spacial score (nSPS) is 17.4. The van der Waals surface area contributed by atoms with Gasteiger partial charge >= 0.3 is 0 Å². The summed E-state index contributed by atoms with van der Waals surface area (Å²) in [4.78, 5) is 20.6. The molecule has 2 aromatic heterocycles. The van der Waals surface area contributed by atoms with Crippen LogP contribution >= 0.6 is 11.3 Å². The summed E-state index contributed by atoms with van der Waals surface area (Å²) in [6.45, 7) is 0. The van der Waals surface area contributed by atoms with E-state index >= 15 is 0 Å². The van der Waals surface area contributed by atoms with Crippen molar-refractivity contribution in [3.05, 3.63) is 22.2 Å². The second-order valence-electron chi connectivity index (χ2n) is 5.79. The zero-order valence-electron chi connectivity index (χ0n) is 11.5. The van der Waals surface area contributed by atoms with E-state index in [0.717, 1.165) is 35.9 Å². The van der Waals surface area contributed by atoms with Crippen LogP contribution in [0, 0.1) is 0 Å². The Hall–Kier alpha value is -1.62. The van der Waals surface area contributed by atoms with Crippen LogP contribution in [0.15, 0.2) is 6.07 Å². The smallest absolute Gasteiger partial charge is 0.266 e. The Morgan fingerprint density at radius 3 is 3.00 bits per heavy atom. The van der Waals surface area contributed by atoms with Crippen LogP contribution in [0.2, 0.25) is 0 Å². The molecule has 0 aromatic carbocycles. The average Bonchev–Trinajstić information content (AvgIpc) is 3.12. The number of nitrogens with zero attached hydrogens (tertiary/aromatic N) is 2. The molecule has 0 bridgehead atoms. The lowest BCUT2D eigenvalue weighted by atomic mass is 10.1. The minimum atomic E-state index is 0.0492. The molecule has 0 radical (unpaired) electrons. The Balaban J connectivity index is 1.80. The van der Waals surface area contributed by atoms with Gasteiger partial charge in [0.2, 0.25) is 0 Å². The lowest BCUT2D eigenvalue weighted by molar-refractivity contribution is 0.0791. The standard InChI is InChI=1S/C15H17N3OS/c1-18(9-5-6-9)15(19)13-12(16)10-7-8-3-2-4-11(8)17-14(10)20-13/h7,9H,2-6,16H2,1H3. The number of rotatable bonds is 2. The zero-order chi connectivity index (χ0) is 13.9. The van der Waals surface area contributed by atoms with Crippen LogP contribution in [0.25, 0.3) is 10.2 Å². The molecule has 5 heteroatoms. The van der Waals surface area contributed by atoms with Crippen LogP contribution in [0.3, 0.4) is 0 Å². The maximum absolute atomic E-state index is 12.5. The van der Waals surface area contributed by atoms with Crippen LogP contribution in [0.4, 0.5) is 5.69 Å². The number of thiophene rings is 1. The second-order valence-corrected chi connectivity index (χ2v) is 6.79. The van der Waals surface area contributed by atoms with Crippen LogP contribution in [0.5, 0.6) is 0 Å². The molecule has 4 rings (SSSR count). The summed E-state index contributed by atoms with van der Waals surface area (Å²) < 4.78 is 0. The number of amides is 1. The van der Waals surface area contributed by atoms with Gasteiger partial charge in [0, 0.05) is 24.2 Å². The van der Waals surface area contributed by atoms with Crippen molar-refractivity contribution in [1.82, 2.24) is 9.88 Å². The highest BCUT2D eigenvalue weighted by Crippen LogP contribution is 2.37. The number of hydrogen-bond donors (Lipinski definition) is 1. The number of anilines is 1. The van der Waals surface area contributed by atoms with Crippen molar-refractivity contribution in [2.24, 2.45) is 0 Å². The topological polar surface area (TPSA) is 59.2 Å². The van der Waals surface area contributed by atoms with Crippen molar-refractivity contribution >= 4 is 33.1 Å². The number of hydrogen-bond acceptors (Lipinski definition) is 4. The zero-order valence-corrected chi connectivity index (χ0v) is 12.3. The summed E-state index contributed by atoms with van der Waals surface area (Å²) in [6, 6.07) is 2.55. The molecular formula is C15H17N3OS. The summed E-state index contributed by atoms with van der Waals surface area (Å²) in [5, 5.41) is 0.961. The van der Waals surface area contributed by atoms with Gasteiger partial charge in [0.05, 0.1) is 5.69 Å². The van der Waals surface area contributed by atoms with E-state index in [0.29, 0.717) is 16.6 Å². The highest BCUT2D eigenvalue weighted by atomic mass is 32.1. The van der Waals surface area contributed by atoms with Gasteiger partial charge in [-0.3, -0.25) is 4.79 Å². The first-order valence-corrected chi connectivity index (χ1v) is 7.94. The average molecular weight is 287 g/mol. The van der Waals surface area contributed by atoms with E-state index < -0.39 is 0 Å². The van der Waals surface area contributed by atoms with Crippen LogP contribution < -0.4 is 5.73 Å². The number of aromatic nitrogens is 1. The Morgan fingerprint density at radius 1 is 1.45 bits per heavy atom. The summed E-state index contributed by atoms with van der Waals surface area (Å²) in [6.07, 6.45) is 5.53. The van der Waals surface area contributed by atoms with Gasteiger partial charge in [0.25, 0.3) is 5.91 Å². The minimum Gasteiger partial charge on any atom is -0.397 e. The lowest BCUT2D eigenvalue weighted by Gasteiger charge is -2.15. The first kappa shape index (κ1) is 12.1. The number of aryl methyl sites for hydroxylation is 2. The second kappa shape index (κ2) is 4.19. The molecule has 1 saturated carbocycles. The molecule has 2 aliphatic rings. The minimum absolute atomic E-state index is 0.0492. The molecule has 0 saturated heterocycles. The number of pyridine rings is 1. The van der Waals surface area contributed by atoms with Crippen molar-refractivity contribution in [2.45, 2.75) is 38.1 Å². The monoisotopic (exact) mass is 287 g/mol. The van der Waals surface area contributed by atoms with Crippen molar-refractivity contribution in [1.29, 1.82) is 0 Å². The Bertz CT molecular complexity index is 717. The van der Waals surface area contributed by atoms with Crippen LogP contribution in [-0.4, -0.2) is 28.9 Å². The van der Waals surface area contributed by atoms with Gasteiger partial charge in [-0.2, -0.15) is 0 Å². The maximum Gasteiger partial charge on any atom is 0.266 e. The first-order valence-electron chi connectivity index (χ1n) is 7.13. The van der Waals surface area contributed by atoms with E-state index in [2.05, 4.69) is 6.07 Å². The predicted molar refractivity (Wildman–Crippen MR) is 81.2 cm³/mol. The molecule has 0 aliphatic heterocycles. The predicted octanol–water partition coefficient (Wildman–Crippen LogP) is 2.60. The van der Waals surface area contributed by atoms with Crippen molar-refractivity contribution < 1.29 is 4.79 Å². The third kappa shape index (κ3) is 1.73. The molecule has 2 aromatic rings. The van der Waals surface area contributed by atoms with E-state index in [9.17, 15) is 4.79 Å². The van der Waals surface area contributed by atoms with Crippen molar-refractivity contribution in [3.8, 4) is 0 Å². The highest BCUT2D eigenvalue weighted by Gasteiger charge is 2.32. The van der Waals surface area contributed by atoms with E-state index in [-0.39, 0.29) is 5.91 Å². The molecular weight excluding hydrogens is 270 g/mol. The number of carbonyl (C=O) groups is 1. The van der Waals surface area contributed by atoms with E-state index in [4.69, 9.17) is 10.7 Å². The Kier molecular flexibility index (Phi) is 2.54. The van der Waals surface area contributed by atoms with E-state index in [1.54, 1.807) is 0 Å².